The highest BCUT2D eigenvalue weighted by molar-refractivity contribution is 5.85. The molecule has 0 saturated carbocycles. The van der Waals surface area contributed by atoms with Gasteiger partial charge in [-0.2, -0.15) is 13.2 Å². The van der Waals surface area contributed by atoms with E-state index in [0.717, 1.165) is 34.4 Å². The Morgan fingerprint density at radius 1 is 0.893 bits per heavy atom. The zero-order valence-corrected chi connectivity index (χ0v) is 14.7. The molecule has 0 heterocycles. The zero-order valence-electron chi connectivity index (χ0n) is 14.7. The Balaban J connectivity index is 1.47. The van der Waals surface area contributed by atoms with Crippen LogP contribution in [0.2, 0.25) is 0 Å². The first-order valence-corrected chi connectivity index (χ1v) is 8.73. The first kappa shape index (κ1) is 18.1. The summed E-state index contributed by atoms with van der Waals surface area (Å²) in [5.41, 5.74) is 3.54. The lowest BCUT2D eigenvalue weighted by atomic mass is 9.98. The standard InChI is InChI=1S/C22H16F3NO2/c23-22(24,25)14-6-5-7-15(12-14)26-21(27)28-13-20-18-10-3-1-8-16(18)17-9-2-4-11-19(17)20/h1-12,20H,13H2,(H,26,27). The van der Waals surface area contributed by atoms with Crippen molar-refractivity contribution in [3.63, 3.8) is 0 Å². The predicted octanol–water partition coefficient (Wildman–Crippen LogP) is 6.07. The van der Waals surface area contributed by atoms with Crippen LogP contribution in [0.3, 0.4) is 0 Å². The molecule has 1 aliphatic rings. The number of nitrogens with one attached hydrogen (secondary N) is 1. The van der Waals surface area contributed by atoms with Crippen LogP contribution in [0.1, 0.15) is 22.6 Å². The molecule has 1 amide bonds. The molecular weight excluding hydrogens is 367 g/mol. The second-order valence-corrected chi connectivity index (χ2v) is 6.53. The number of anilines is 1. The molecule has 0 saturated heterocycles. The van der Waals surface area contributed by atoms with Gasteiger partial charge in [0.2, 0.25) is 0 Å². The molecule has 3 nitrogen and oxygen atoms in total. The largest absolute Gasteiger partial charge is 0.448 e. The summed E-state index contributed by atoms with van der Waals surface area (Å²) in [5.74, 6) is -0.111. The minimum Gasteiger partial charge on any atom is -0.448 e. The predicted molar refractivity (Wildman–Crippen MR) is 100 cm³/mol. The molecule has 0 fully saturated rings. The fraction of sp³-hybridized carbons (Fsp3) is 0.136. The summed E-state index contributed by atoms with van der Waals surface area (Å²) in [5, 5.41) is 2.37. The monoisotopic (exact) mass is 383 g/mol. The summed E-state index contributed by atoms with van der Waals surface area (Å²) in [7, 11) is 0. The van der Waals surface area contributed by atoms with E-state index in [1.54, 1.807) is 0 Å². The van der Waals surface area contributed by atoms with Gasteiger partial charge in [0.1, 0.15) is 6.61 Å². The normalized spacial score (nSPS) is 13.0. The maximum atomic E-state index is 12.8. The van der Waals surface area contributed by atoms with Crippen molar-refractivity contribution in [2.45, 2.75) is 12.1 Å². The summed E-state index contributed by atoms with van der Waals surface area (Å²) in [6, 6.07) is 20.3. The third kappa shape index (κ3) is 3.45. The van der Waals surface area contributed by atoms with Crippen LogP contribution in [-0.2, 0) is 10.9 Å². The molecule has 0 aromatic heterocycles. The minimum absolute atomic E-state index is 0.0343. The third-order valence-electron chi connectivity index (χ3n) is 4.78. The van der Waals surface area contributed by atoms with Crippen LogP contribution in [0.5, 0.6) is 0 Å². The number of benzene rings is 3. The van der Waals surface area contributed by atoms with Crippen molar-refractivity contribution in [1.82, 2.24) is 0 Å². The Bertz CT molecular complexity index is 985. The number of ether oxygens (including phenoxy) is 1. The van der Waals surface area contributed by atoms with E-state index < -0.39 is 17.8 Å². The Hall–Kier alpha value is -3.28. The van der Waals surface area contributed by atoms with Gasteiger partial charge in [-0.15, -0.1) is 0 Å². The SMILES string of the molecule is O=C(Nc1cccc(C(F)(F)F)c1)OCC1c2ccccc2-c2ccccc21. The van der Waals surface area contributed by atoms with E-state index in [2.05, 4.69) is 5.32 Å². The fourth-order valence-electron chi connectivity index (χ4n) is 3.53. The van der Waals surface area contributed by atoms with Gasteiger partial charge in [-0.3, -0.25) is 5.32 Å². The van der Waals surface area contributed by atoms with Crippen LogP contribution in [0.25, 0.3) is 11.1 Å². The molecule has 0 bridgehead atoms. The first-order valence-electron chi connectivity index (χ1n) is 8.73. The molecule has 3 aromatic rings. The number of fused-ring (bicyclic) bond motifs is 3. The van der Waals surface area contributed by atoms with Crippen LogP contribution >= 0.6 is 0 Å². The van der Waals surface area contributed by atoms with Gasteiger partial charge in [0, 0.05) is 11.6 Å². The number of hydrogen-bond donors (Lipinski definition) is 1. The molecule has 0 atom stereocenters. The Kier molecular flexibility index (Phi) is 4.55. The van der Waals surface area contributed by atoms with Crippen LogP contribution in [0.15, 0.2) is 72.8 Å². The number of hydrogen-bond acceptors (Lipinski definition) is 2. The van der Waals surface area contributed by atoms with Crippen molar-refractivity contribution in [2.75, 3.05) is 11.9 Å². The van der Waals surface area contributed by atoms with Gasteiger partial charge < -0.3 is 4.74 Å². The Labute approximate surface area is 159 Å². The van der Waals surface area contributed by atoms with Crippen molar-refractivity contribution in [1.29, 1.82) is 0 Å². The van der Waals surface area contributed by atoms with Crippen LogP contribution in [0, 0.1) is 0 Å². The van der Waals surface area contributed by atoms with Gasteiger partial charge in [0.05, 0.1) is 5.56 Å². The highest BCUT2D eigenvalue weighted by Gasteiger charge is 2.31. The van der Waals surface area contributed by atoms with Crippen LogP contribution < -0.4 is 5.32 Å². The van der Waals surface area contributed by atoms with E-state index in [4.69, 9.17) is 4.74 Å². The molecule has 28 heavy (non-hydrogen) atoms. The molecule has 0 unspecified atom stereocenters. The van der Waals surface area contributed by atoms with E-state index in [1.807, 2.05) is 48.5 Å². The second kappa shape index (κ2) is 7.03. The van der Waals surface area contributed by atoms with Gasteiger partial charge >= 0.3 is 12.3 Å². The highest BCUT2D eigenvalue weighted by atomic mass is 19.4. The Morgan fingerprint density at radius 2 is 1.50 bits per heavy atom. The molecule has 142 valence electrons. The van der Waals surface area contributed by atoms with Gasteiger partial charge in [-0.1, -0.05) is 54.6 Å². The fourth-order valence-corrected chi connectivity index (χ4v) is 3.53. The average molecular weight is 383 g/mol. The van der Waals surface area contributed by atoms with E-state index in [0.29, 0.717) is 0 Å². The molecule has 0 radical (unpaired) electrons. The van der Waals surface area contributed by atoms with Gasteiger partial charge in [-0.25, -0.2) is 4.79 Å². The number of rotatable bonds is 3. The maximum absolute atomic E-state index is 12.8. The Morgan fingerprint density at radius 3 is 2.11 bits per heavy atom. The summed E-state index contributed by atoms with van der Waals surface area (Å²) in [6.45, 7) is 0.0961. The smallest absolute Gasteiger partial charge is 0.416 e. The lowest BCUT2D eigenvalue weighted by Gasteiger charge is -2.15. The van der Waals surface area contributed by atoms with E-state index in [-0.39, 0.29) is 18.2 Å². The quantitative estimate of drug-likeness (QED) is 0.596. The van der Waals surface area contributed by atoms with E-state index in [9.17, 15) is 18.0 Å². The molecule has 6 heteroatoms. The van der Waals surface area contributed by atoms with Gasteiger partial charge in [0.25, 0.3) is 0 Å². The maximum Gasteiger partial charge on any atom is 0.416 e. The highest BCUT2D eigenvalue weighted by Crippen LogP contribution is 2.44. The summed E-state index contributed by atoms with van der Waals surface area (Å²) < 4.78 is 43.7. The van der Waals surface area contributed by atoms with Crippen LogP contribution in [-0.4, -0.2) is 12.7 Å². The van der Waals surface area contributed by atoms with Crippen molar-refractivity contribution < 1.29 is 22.7 Å². The zero-order chi connectivity index (χ0) is 19.7. The van der Waals surface area contributed by atoms with Crippen molar-refractivity contribution >= 4 is 11.8 Å². The molecule has 4 rings (SSSR count). The molecule has 3 aromatic carbocycles. The number of alkyl halides is 3. The van der Waals surface area contributed by atoms with Crippen molar-refractivity contribution in [3.8, 4) is 11.1 Å². The second-order valence-electron chi connectivity index (χ2n) is 6.53. The first-order chi connectivity index (χ1) is 13.4. The third-order valence-corrected chi connectivity index (χ3v) is 4.78. The van der Waals surface area contributed by atoms with Crippen LogP contribution in [0.4, 0.5) is 23.7 Å². The molecule has 1 N–H and O–H groups in total. The molecular formula is C22H16F3NO2. The van der Waals surface area contributed by atoms with Gasteiger partial charge in [0.15, 0.2) is 0 Å². The lowest BCUT2D eigenvalue weighted by Crippen LogP contribution is -2.18. The topological polar surface area (TPSA) is 38.3 Å². The number of halogens is 3. The molecule has 0 spiro atoms. The average Bonchev–Trinajstić information content (AvgIpc) is 3.00. The molecule has 1 aliphatic carbocycles. The van der Waals surface area contributed by atoms with E-state index in [1.165, 1.54) is 12.1 Å². The summed E-state index contributed by atoms with van der Waals surface area (Å²) >= 11 is 0. The molecule has 0 aliphatic heterocycles. The van der Waals surface area contributed by atoms with Gasteiger partial charge in [-0.05, 0) is 40.5 Å². The number of carbonyl (C=O) groups excluding carboxylic acids is 1. The minimum atomic E-state index is -4.47. The number of carbonyl (C=O) groups is 1. The summed E-state index contributed by atoms with van der Waals surface area (Å²) in [6.07, 6.45) is -5.26. The lowest BCUT2D eigenvalue weighted by molar-refractivity contribution is -0.137. The van der Waals surface area contributed by atoms with Crippen molar-refractivity contribution in [3.05, 3.63) is 89.5 Å². The summed E-state index contributed by atoms with van der Waals surface area (Å²) in [4.78, 5) is 12.1. The van der Waals surface area contributed by atoms with E-state index >= 15 is 0 Å². The number of amides is 1. The van der Waals surface area contributed by atoms with Crippen molar-refractivity contribution in [2.24, 2.45) is 0 Å².